The van der Waals surface area contributed by atoms with E-state index in [1.54, 1.807) is 41.7 Å². The fraction of sp³-hybridized carbons (Fsp3) is 0.237. The number of nitrogens with zero attached hydrogens (tertiary/aromatic N) is 1. The highest BCUT2D eigenvalue weighted by Gasteiger charge is 2.58. The van der Waals surface area contributed by atoms with E-state index in [1.807, 2.05) is 61.5 Å². The summed E-state index contributed by atoms with van der Waals surface area (Å²) in [5.74, 6) is -2.09. The number of anilines is 1. The van der Waals surface area contributed by atoms with Crippen LogP contribution in [0.3, 0.4) is 0 Å². The summed E-state index contributed by atoms with van der Waals surface area (Å²) in [4.78, 5) is 44.5. The van der Waals surface area contributed by atoms with Gasteiger partial charge in [0.25, 0.3) is 0 Å². The van der Waals surface area contributed by atoms with Crippen LogP contribution in [-0.4, -0.2) is 30.0 Å². The lowest BCUT2D eigenvalue weighted by atomic mass is 9.89. The van der Waals surface area contributed by atoms with E-state index in [2.05, 4.69) is 13.5 Å². The Hall–Kier alpha value is -4.08. The Morgan fingerprint density at radius 2 is 1.55 bits per heavy atom. The molecule has 7 rings (SSSR count). The Balaban J connectivity index is 1.07. The van der Waals surface area contributed by atoms with Crippen LogP contribution in [-0.2, 0) is 14.3 Å². The van der Waals surface area contributed by atoms with Crippen molar-refractivity contribution in [1.29, 1.82) is 0 Å². The predicted molar refractivity (Wildman–Crippen MR) is 189 cm³/mol. The summed E-state index contributed by atoms with van der Waals surface area (Å²) in [6, 6.07) is 20.2. The molecule has 1 aliphatic carbocycles. The van der Waals surface area contributed by atoms with Gasteiger partial charge >= 0.3 is 5.97 Å². The molecule has 0 saturated carbocycles. The van der Waals surface area contributed by atoms with Crippen molar-refractivity contribution in [3.8, 4) is 5.75 Å². The zero-order valence-corrected chi connectivity index (χ0v) is 28.3. The molecule has 4 aromatic rings. The summed E-state index contributed by atoms with van der Waals surface area (Å²) >= 11 is 9.32. The number of thiophene rings is 2. The maximum Gasteiger partial charge on any atom is 0.353 e. The van der Waals surface area contributed by atoms with Gasteiger partial charge in [0, 0.05) is 9.75 Å². The van der Waals surface area contributed by atoms with Crippen LogP contribution >= 0.6 is 34.3 Å². The summed E-state index contributed by atoms with van der Waals surface area (Å²) in [5.41, 5.74) is 6.26. The first kappa shape index (κ1) is 31.5. The van der Waals surface area contributed by atoms with E-state index in [0.717, 1.165) is 39.6 Å². The van der Waals surface area contributed by atoms with Crippen LogP contribution in [0.2, 0.25) is 4.34 Å². The smallest absolute Gasteiger partial charge is 0.353 e. The van der Waals surface area contributed by atoms with Crippen LogP contribution < -0.4 is 9.64 Å². The van der Waals surface area contributed by atoms with Gasteiger partial charge in [0.1, 0.15) is 10.6 Å². The molecular formula is C38H32ClNO5S2. The molecule has 2 aromatic heterocycles. The minimum Gasteiger partial charge on any atom is -0.422 e. The van der Waals surface area contributed by atoms with Gasteiger partial charge in [0.2, 0.25) is 11.8 Å². The molecule has 0 radical (unpaired) electrons. The first-order chi connectivity index (χ1) is 22.7. The summed E-state index contributed by atoms with van der Waals surface area (Å²) in [7, 11) is 0. The van der Waals surface area contributed by atoms with Crippen molar-refractivity contribution < 1.29 is 23.9 Å². The van der Waals surface area contributed by atoms with E-state index < -0.39 is 30.0 Å². The highest BCUT2D eigenvalue weighted by molar-refractivity contribution is 7.16. The Labute approximate surface area is 286 Å². The lowest BCUT2D eigenvalue weighted by molar-refractivity contribution is -0.124. The Morgan fingerprint density at radius 3 is 2.19 bits per heavy atom. The Kier molecular flexibility index (Phi) is 8.61. The fourth-order valence-corrected chi connectivity index (χ4v) is 9.07. The quantitative estimate of drug-likeness (QED) is 0.0803. The normalized spacial score (nSPS) is 22.5. The van der Waals surface area contributed by atoms with Crippen LogP contribution in [0.5, 0.6) is 5.75 Å². The van der Waals surface area contributed by atoms with E-state index in [1.165, 1.54) is 37.8 Å². The van der Waals surface area contributed by atoms with Crippen LogP contribution in [0, 0.1) is 25.7 Å². The molecule has 6 nitrogen and oxygen atoms in total. The number of hydrogen-bond donors (Lipinski definition) is 0. The molecule has 0 N–H and O–H groups in total. The monoisotopic (exact) mass is 681 g/mol. The molecule has 4 heterocycles. The van der Waals surface area contributed by atoms with E-state index in [4.69, 9.17) is 21.1 Å². The van der Waals surface area contributed by atoms with Gasteiger partial charge in [0.15, 0.2) is 0 Å². The maximum atomic E-state index is 13.7. The molecule has 2 aliphatic heterocycles. The number of imide groups is 1. The second kappa shape index (κ2) is 12.8. The fourth-order valence-electron chi connectivity index (χ4n) is 6.93. The zero-order valence-electron chi connectivity index (χ0n) is 25.9. The third-order valence-corrected chi connectivity index (χ3v) is 11.3. The predicted octanol–water partition coefficient (Wildman–Crippen LogP) is 9.17. The van der Waals surface area contributed by atoms with Gasteiger partial charge in [-0.3, -0.25) is 9.59 Å². The Bertz CT molecular complexity index is 1950. The second-order valence-corrected chi connectivity index (χ2v) is 15.1. The van der Waals surface area contributed by atoms with E-state index in [0.29, 0.717) is 16.3 Å². The number of ether oxygens (including phenoxy) is 2. The standard InChI is InChI=1S/C38H32ClNO5S2/c1-4-30-34-35(31(45-30)18-13-23-9-6-5-7-10-23)37(42)40(36(34)41)24-14-16-25(17-15-24)44-38(43)32-19-28(21(2)46-32)26-11-8-12-27(26)29-20-33(39)47-22(29)3/h4-7,9-10,13-20,30-31,34-35H,1,8,11-12H2,2-3H3. The molecule has 0 bridgehead atoms. The van der Waals surface area contributed by atoms with Gasteiger partial charge in [-0.05, 0) is 97.3 Å². The van der Waals surface area contributed by atoms with Crippen LogP contribution in [0.4, 0.5) is 5.69 Å². The van der Waals surface area contributed by atoms with Crippen molar-refractivity contribution in [3.63, 3.8) is 0 Å². The highest BCUT2D eigenvalue weighted by Crippen LogP contribution is 2.46. The van der Waals surface area contributed by atoms with Crippen LogP contribution in [0.25, 0.3) is 17.2 Å². The highest BCUT2D eigenvalue weighted by atomic mass is 35.5. The SMILES string of the molecule is C=CC1OC(C=Cc2ccccc2)C2C(=O)N(c3ccc(OC(=O)c4cc(C5=C(c6cc(Cl)sc6C)CCC5)c(C)s4)cc3)C(=O)C12. The van der Waals surface area contributed by atoms with Crippen molar-refractivity contribution in [1.82, 2.24) is 0 Å². The number of carbonyl (C=O) groups is 3. The molecular weight excluding hydrogens is 650 g/mol. The van der Waals surface area contributed by atoms with Crippen LogP contribution in [0.15, 0.2) is 85.5 Å². The molecule has 2 saturated heterocycles. The third kappa shape index (κ3) is 5.84. The van der Waals surface area contributed by atoms with Crippen molar-refractivity contribution in [3.05, 3.63) is 121 Å². The van der Waals surface area contributed by atoms with Crippen LogP contribution in [0.1, 0.15) is 55.4 Å². The average molecular weight is 682 g/mol. The third-order valence-electron chi connectivity index (χ3n) is 9.11. The van der Waals surface area contributed by atoms with Crippen molar-refractivity contribution in [2.75, 3.05) is 4.90 Å². The van der Waals surface area contributed by atoms with Crippen molar-refractivity contribution in [2.45, 2.75) is 45.3 Å². The zero-order chi connectivity index (χ0) is 32.8. The second-order valence-electron chi connectivity index (χ2n) is 11.9. The van der Waals surface area contributed by atoms with Gasteiger partial charge in [-0.2, -0.15) is 0 Å². The lowest BCUT2D eigenvalue weighted by Gasteiger charge is -2.19. The first-order valence-electron chi connectivity index (χ1n) is 15.5. The number of allylic oxidation sites excluding steroid dienone is 2. The number of esters is 1. The number of rotatable bonds is 8. The van der Waals surface area contributed by atoms with E-state index in [9.17, 15) is 14.4 Å². The van der Waals surface area contributed by atoms with Crippen molar-refractivity contribution >= 4 is 75.0 Å². The van der Waals surface area contributed by atoms with Gasteiger partial charge < -0.3 is 9.47 Å². The number of fused-ring (bicyclic) bond motifs is 1. The summed E-state index contributed by atoms with van der Waals surface area (Å²) < 4.78 is 12.6. The molecule has 0 spiro atoms. The lowest BCUT2D eigenvalue weighted by Crippen LogP contribution is -2.35. The molecule has 4 atom stereocenters. The minimum atomic E-state index is -0.657. The molecule has 4 unspecified atom stereocenters. The van der Waals surface area contributed by atoms with Gasteiger partial charge in [-0.1, -0.05) is 60.2 Å². The number of halogens is 1. The van der Waals surface area contributed by atoms with Gasteiger partial charge in [-0.25, -0.2) is 9.69 Å². The minimum absolute atomic E-state index is 0.320. The molecule has 238 valence electrons. The van der Waals surface area contributed by atoms with Gasteiger partial charge in [-0.15, -0.1) is 29.3 Å². The maximum absolute atomic E-state index is 13.7. The van der Waals surface area contributed by atoms with E-state index in [-0.39, 0.29) is 11.8 Å². The van der Waals surface area contributed by atoms with E-state index >= 15 is 0 Å². The number of carbonyl (C=O) groups excluding carboxylic acids is 3. The summed E-state index contributed by atoms with van der Waals surface area (Å²) in [5, 5.41) is 0. The molecule has 2 aromatic carbocycles. The summed E-state index contributed by atoms with van der Waals surface area (Å²) in [6.45, 7) is 7.97. The number of amides is 2. The van der Waals surface area contributed by atoms with Gasteiger partial charge in [0.05, 0.1) is 34.1 Å². The Morgan fingerprint density at radius 1 is 0.915 bits per heavy atom. The number of hydrogen-bond acceptors (Lipinski definition) is 7. The average Bonchev–Trinajstić information content (AvgIpc) is 3.88. The number of benzene rings is 2. The first-order valence-corrected chi connectivity index (χ1v) is 17.5. The topological polar surface area (TPSA) is 72.9 Å². The largest absolute Gasteiger partial charge is 0.422 e. The molecule has 47 heavy (non-hydrogen) atoms. The molecule has 3 aliphatic rings. The molecule has 9 heteroatoms. The number of aryl methyl sites for hydroxylation is 2. The summed E-state index contributed by atoms with van der Waals surface area (Å²) in [6.07, 6.45) is 7.20. The molecule has 2 amide bonds. The van der Waals surface area contributed by atoms with Crippen molar-refractivity contribution in [2.24, 2.45) is 11.8 Å². The molecule has 2 fully saturated rings.